The highest BCUT2D eigenvalue weighted by Gasteiger charge is 2.39. The average molecular weight is 256 g/mol. The minimum absolute atomic E-state index is 1.05. The molecule has 12 heavy (non-hydrogen) atoms. The van der Waals surface area contributed by atoms with Crippen molar-refractivity contribution in [3.8, 4) is 0 Å². The van der Waals surface area contributed by atoms with Crippen LogP contribution in [0.25, 0.3) is 0 Å². The monoisotopic (exact) mass is 255 g/mol. The zero-order chi connectivity index (χ0) is 9.99. The molecule has 74 valence electrons. The lowest BCUT2D eigenvalue weighted by atomic mass is 10.8. The minimum atomic E-state index is -3.85. The first-order chi connectivity index (χ1) is 5.28. The molecule has 0 heterocycles. The summed E-state index contributed by atoms with van der Waals surface area (Å²) in [5.74, 6) is -2.05. The third-order valence-corrected chi connectivity index (χ3v) is 4.11. The topological polar surface area (TPSA) is 58.6 Å². The van der Waals surface area contributed by atoms with E-state index in [1.54, 1.807) is 0 Å². The molecule has 0 unspecified atom stereocenters. The Labute approximate surface area is 85.2 Å². The fourth-order valence-corrected chi connectivity index (χ4v) is 2.41. The van der Waals surface area contributed by atoms with Crippen LogP contribution in [0.1, 0.15) is 0 Å². The van der Waals surface area contributed by atoms with Crippen molar-refractivity contribution in [3.05, 3.63) is 0 Å². The molecule has 0 saturated carbocycles. The summed E-state index contributed by atoms with van der Waals surface area (Å²) in [7, 11) is -1.75. The number of alkyl halides is 3. The van der Waals surface area contributed by atoms with Crippen LogP contribution < -0.4 is 5.11 Å². The minimum Gasteiger partial charge on any atom is -0.840 e. The Morgan fingerprint density at radius 2 is 1.67 bits per heavy atom. The molecule has 8 heteroatoms. The Morgan fingerprint density at radius 1 is 1.33 bits per heavy atom. The van der Waals surface area contributed by atoms with Gasteiger partial charge in [0.1, 0.15) is 0 Å². The van der Waals surface area contributed by atoms with Gasteiger partial charge in [0.25, 0.3) is 0 Å². The maximum atomic E-state index is 11.3. The van der Waals surface area contributed by atoms with Gasteiger partial charge in [-0.3, -0.25) is 4.57 Å². The first-order valence-corrected chi connectivity index (χ1v) is 5.46. The van der Waals surface area contributed by atoms with Gasteiger partial charge in [-0.15, -0.1) is 0 Å². The molecule has 0 spiro atoms. The summed E-state index contributed by atoms with van der Waals surface area (Å²) in [6.07, 6.45) is 0. The van der Waals surface area contributed by atoms with Crippen molar-refractivity contribution in [2.24, 2.45) is 0 Å². The van der Waals surface area contributed by atoms with Crippen LogP contribution in [-0.4, -0.2) is 23.9 Å². The van der Waals surface area contributed by atoms with E-state index in [9.17, 15) is 9.67 Å². The molecule has 4 nitrogen and oxygen atoms in total. The summed E-state index contributed by atoms with van der Waals surface area (Å²) >= 11 is 15.6. The molecule has 0 aliphatic rings. The van der Waals surface area contributed by atoms with Crippen molar-refractivity contribution in [2.75, 3.05) is 14.2 Å². The lowest BCUT2D eigenvalue weighted by molar-refractivity contribution is -0.392. The van der Waals surface area contributed by atoms with E-state index in [0.29, 0.717) is 0 Å². The van der Waals surface area contributed by atoms with E-state index in [0.717, 1.165) is 14.2 Å². The van der Waals surface area contributed by atoms with Gasteiger partial charge in [-0.2, -0.15) is 0 Å². The smallest absolute Gasteiger partial charge is 0.321 e. The van der Waals surface area contributed by atoms with E-state index in [1.807, 2.05) is 0 Å². The highest BCUT2D eigenvalue weighted by molar-refractivity contribution is 7.54. The molecular formula is C4H7Cl3O4P-. The Kier molecular flexibility index (Phi) is 4.83. The number of hydrogen-bond donors (Lipinski definition) is 0. The van der Waals surface area contributed by atoms with Crippen LogP contribution in [0.3, 0.4) is 0 Å². The molecule has 0 fully saturated rings. The summed E-state index contributed by atoms with van der Waals surface area (Å²) in [5, 5.41) is 11.1. The van der Waals surface area contributed by atoms with Gasteiger partial charge in [-0.1, -0.05) is 34.8 Å². The van der Waals surface area contributed by atoms with E-state index in [2.05, 4.69) is 9.05 Å². The first-order valence-electron chi connectivity index (χ1n) is 2.71. The standard InChI is InChI=1S/C4H7Cl3O4P/c1-10-12(9,11-2)3(8)4(5,6)7/h3H,1-2H3/q-1/t3-/m1/s1. The zero-order valence-corrected chi connectivity index (χ0v) is 9.45. The van der Waals surface area contributed by atoms with Crippen molar-refractivity contribution in [1.82, 2.24) is 0 Å². The molecule has 0 aromatic carbocycles. The van der Waals surface area contributed by atoms with Gasteiger partial charge in [-0.25, -0.2) is 0 Å². The molecule has 1 atom stereocenters. The normalized spacial score (nSPS) is 16.2. The zero-order valence-electron chi connectivity index (χ0n) is 6.29. The maximum absolute atomic E-state index is 11.3. The fraction of sp³-hybridized carbons (Fsp3) is 1.00. The molecule has 0 aliphatic heterocycles. The molecule has 0 aliphatic carbocycles. The van der Waals surface area contributed by atoms with E-state index < -0.39 is 17.2 Å². The van der Waals surface area contributed by atoms with Crippen LogP contribution in [-0.2, 0) is 13.6 Å². The van der Waals surface area contributed by atoms with Gasteiger partial charge in [0.15, 0.2) is 3.79 Å². The van der Waals surface area contributed by atoms with Crippen LogP contribution >= 0.6 is 42.4 Å². The highest BCUT2D eigenvalue weighted by Crippen LogP contribution is 2.56. The van der Waals surface area contributed by atoms with E-state index in [-0.39, 0.29) is 0 Å². The Hall–Kier alpha value is 0.980. The molecule has 0 radical (unpaired) electrons. The Morgan fingerprint density at radius 3 is 1.75 bits per heavy atom. The number of hydrogen-bond acceptors (Lipinski definition) is 4. The second-order valence-corrected chi connectivity index (χ2v) is 6.45. The molecule has 0 aromatic heterocycles. The molecule has 0 N–H and O–H groups in total. The van der Waals surface area contributed by atoms with Gasteiger partial charge in [0.2, 0.25) is 0 Å². The maximum Gasteiger partial charge on any atom is 0.321 e. The number of halogens is 3. The van der Waals surface area contributed by atoms with Crippen molar-refractivity contribution in [1.29, 1.82) is 0 Å². The predicted molar refractivity (Wildman–Crippen MR) is 45.7 cm³/mol. The van der Waals surface area contributed by atoms with Crippen LogP contribution in [0.4, 0.5) is 0 Å². The second-order valence-electron chi connectivity index (χ2n) is 1.80. The third kappa shape index (κ3) is 3.04. The summed E-state index contributed by atoms with van der Waals surface area (Å²) in [5.41, 5.74) is 0. The van der Waals surface area contributed by atoms with Gasteiger partial charge in [0, 0.05) is 20.1 Å². The van der Waals surface area contributed by atoms with E-state index >= 15 is 0 Å². The van der Waals surface area contributed by atoms with Crippen LogP contribution in [0.5, 0.6) is 0 Å². The van der Waals surface area contributed by atoms with Gasteiger partial charge < -0.3 is 14.2 Å². The summed E-state index contributed by atoms with van der Waals surface area (Å²) in [6.45, 7) is 0. The van der Waals surface area contributed by atoms with E-state index in [1.165, 1.54) is 0 Å². The summed E-state index contributed by atoms with van der Waals surface area (Å²) in [6, 6.07) is 0. The predicted octanol–water partition coefficient (Wildman–Crippen LogP) is 1.53. The SMILES string of the molecule is COP(=O)(OC)[C@@H]([O-])C(Cl)(Cl)Cl. The highest BCUT2D eigenvalue weighted by atomic mass is 35.6. The van der Waals surface area contributed by atoms with Crippen LogP contribution in [0, 0.1) is 0 Å². The van der Waals surface area contributed by atoms with Crippen molar-refractivity contribution < 1.29 is 18.7 Å². The lowest BCUT2D eigenvalue weighted by Gasteiger charge is -2.33. The van der Waals surface area contributed by atoms with Gasteiger partial charge in [0.05, 0.1) is 0 Å². The van der Waals surface area contributed by atoms with Crippen LogP contribution in [0.2, 0.25) is 0 Å². The quantitative estimate of drug-likeness (QED) is 0.567. The van der Waals surface area contributed by atoms with E-state index in [4.69, 9.17) is 34.8 Å². The molecule has 0 rings (SSSR count). The molecule has 0 bridgehead atoms. The largest absolute Gasteiger partial charge is 0.840 e. The summed E-state index contributed by atoms with van der Waals surface area (Å²) in [4.78, 5) is 0. The lowest BCUT2D eigenvalue weighted by Crippen LogP contribution is -2.38. The van der Waals surface area contributed by atoms with Crippen LogP contribution in [0.15, 0.2) is 0 Å². The molecule has 0 aromatic rings. The van der Waals surface area contributed by atoms with Crippen molar-refractivity contribution in [3.63, 3.8) is 0 Å². The summed E-state index contributed by atoms with van der Waals surface area (Å²) < 4.78 is 17.8. The third-order valence-electron chi connectivity index (χ3n) is 1.08. The average Bonchev–Trinajstić information content (AvgIpc) is 2.00. The molecule has 0 saturated heterocycles. The Bertz CT molecular complexity index is 183. The first kappa shape index (κ1) is 13.0. The van der Waals surface area contributed by atoms with Gasteiger partial charge >= 0.3 is 7.60 Å². The van der Waals surface area contributed by atoms with Crippen molar-refractivity contribution >= 4 is 42.4 Å². The van der Waals surface area contributed by atoms with Crippen molar-refractivity contribution in [2.45, 2.75) is 9.64 Å². The van der Waals surface area contributed by atoms with Gasteiger partial charge in [-0.05, 0) is 0 Å². The fourth-order valence-electron chi connectivity index (χ4n) is 0.445. The second kappa shape index (κ2) is 4.47. The Balaban J connectivity index is 4.66. The molecular weight excluding hydrogens is 249 g/mol. The number of rotatable bonds is 3. The molecule has 0 amide bonds.